The molecule has 2 rings (SSSR count). The summed E-state index contributed by atoms with van der Waals surface area (Å²) in [6.07, 6.45) is 1.08. The minimum absolute atomic E-state index is 0.309. The SMILES string of the molecule is Cc1ccccc1N(CC(=O)Nc1cccc(Cl)c1)S(C)(=O)=O. The van der Waals surface area contributed by atoms with Gasteiger partial charge in [0.1, 0.15) is 6.54 Å². The van der Waals surface area contributed by atoms with E-state index in [1.807, 2.05) is 6.07 Å². The van der Waals surface area contributed by atoms with Crippen molar-refractivity contribution >= 4 is 38.9 Å². The number of nitrogens with one attached hydrogen (secondary N) is 1. The van der Waals surface area contributed by atoms with Crippen molar-refractivity contribution in [1.82, 2.24) is 0 Å². The second kappa shape index (κ2) is 7.02. The number of rotatable bonds is 5. The van der Waals surface area contributed by atoms with Crippen LogP contribution in [-0.4, -0.2) is 27.1 Å². The van der Waals surface area contributed by atoms with E-state index in [0.29, 0.717) is 16.4 Å². The first-order valence-electron chi connectivity index (χ1n) is 6.86. The van der Waals surface area contributed by atoms with Crippen molar-refractivity contribution in [2.24, 2.45) is 0 Å². The lowest BCUT2D eigenvalue weighted by atomic mass is 10.2. The molecular formula is C16H17ClN2O3S. The Morgan fingerprint density at radius 1 is 1.17 bits per heavy atom. The highest BCUT2D eigenvalue weighted by Gasteiger charge is 2.22. The van der Waals surface area contributed by atoms with Gasteiger partial charge in [-0.15, -0.1) is 0 Å². The first-order valence-corrected chi connectivity index (χ1v) is 9.09. The van der Waals surface area contributed by atoms with Crippen LogP contribution in [0.4, 0.5) is 11.4 Å². The number of halogens is 1. The summed E-state index contributed by atoms with van der Waals surface area (Å²) in [5.41, 5.74) is 1.77. The molecule has 0 atom stereocenters. The highest BCUT2D eigenvalue weighted by molar-refractivity contribution is 7.92. The van der Waals surface area contributed by atoms with E-state index in [2.05, 4.69) is 5.32 Å². The largest absolute Gasteiger partial charge is 0.324 e. The van der Waals surface area contributed by atoms with Crippen LogP contribution in [0.1, 0.15) is 5.56 Å². The fraction of sp³-hybridized carbons (Fsp3) is 0.188. The fourth-order valence-corrected chi connectivity index (χ4v) is 3.23. The molecule has 0 radical (unpaired) electrons. The molecule has 2 aromatic carbocycles. The van der Waals surface area contributed by atoms with E-state index in [4.69, 9.17) is 11.6 Å². The van der Waals surface area contributed by atoms with Gasteiger partial charge < -0.3 is 5.32 Å². The minimum atomic E-state index is -3.59. The minimum Gasteiger partial charge on any atom is -0.324 e. The van der Waals surface area contributed by atoms with Crippen molar-refractivity contribution in [2.75, 3.05) is 22.4 Å². The summed E-state index contributed by atoms with van der Waals surface area (Å²) in [7, 11) is -3.59. The summed E-state index contributed by atoms with van der Waals surface area (Å²) < 4.78 is 25.2. The van der Waals surface area contributed by atoms with E-state index < -0.39 is 15.9 Å². The highest BCUT2D eigenvalue weighted by atomic mass is 35.5. The molecule has 0 spiro atoms. The van der Waals surface area contributed by atoms with Gasteiger partial charge in [0.2, 0.25) is 15.9 Å². The molecule has 0 heterocycles. The second-order valence-corrected chi connectivity index (χ2v) is 7.46. The molecule has 0 bridgehead atoms. The van der Waals surface area contributed by atoms with Gasteiger partial charge in [-0.1, -0.05) is 35.9 Å². The van der Waals surface area contributed by atoms with Crippen LogP contribution in [0.15, 0.2) is 48.5 Å². The number of amides is 1. The fourth-order valence-electron chi connectivity index (χ4n) is 2.12. The smallest absolute Gasteiger partial charge is 0.245 e. The van der Waals surface area contributed by atoms with Gasteiger partial charge >= 0.3 is 0 Å². The Balaban J connectivity index is 2.22. The van der Waals surface area contributed by atoms with Crippen LogP contribution in [0.25, 0.3) is 0 Å². The van der Waals surface area contributed by atoms with Crippen molar-refractivity contribution in [3.05, 3.63) is 59.1 Å². The van der Waals surface area contributed by atoms with Crippen LogP contribution in [0.3, 0.4) is 0 Å². The molecule has 5 nitrogen and oxygen atoms in total. The summed E-state index contributed by atoms with van der Waals surface area (Å²) in [5.74, 6) is -0.444. The Bertz CT molecular complexity index is 822. The van der Waals surface area contributed by atoms with E-state index in [9.17, 15) is 13.2 Å². The molecule has 0 aliphatic rings. The number of hydrogen-bond acceptors (Lipinski definition) is 3. The zero-order valence-corrected chi connectivity index (χ0v) is 14.4. The van der Waals surface area contributed by atoms with Crippen LogP contribution in [0, 0.1) is 6.92 Å². The number of carbonyl (C=O) groups is 1. The molecule has 0 aliphatic heterocycles. The topological polar surface area (TPSA) is 66.5 Å². The van der Waals surface area contributed by atoms with Crippen molar-refractivity contribution in [1.29, 1.82) is 0 Å². The summed E-state index contributed by atoms with van der Waals surface area (Å²) in [6, 6.07) is 13.7. The third kappa shape index (κ3) is 4.71. The van der Waals surface area contributed by atoms with Gasteiger partial charge in [0.15, 0.2) is 0 Å². The molecule has 7 heteroatoms. The van der Waals surface area contributed by atoms with Crippen LogP contribution in [0.2, 0.25) is 5.02 Å². The molecule has 0 saturated heterocycles. The van der Waals surface area contributed by atoms with Gasteiger partial charge in [0.05, 0.1) is 11.9 Å². The number of sulfonamides is 1. The number of aryl methyl sites for hydroxylation is 1. The zero-order valence-electron chi connectivity index (χ0n) is 12.8. The van der Waals surface area contributed by atoms with Crippen molar-refractivity contribution < 1.29 is 13.2 Å². The van der Waals surface area contributed by atoms with Gasteiger partial charge in [0, 0.05) is 10.7 Å². The standard InChI is InChI=1S/C16H17ClN2O3S/c1-12-6-3-4-9-15(12)19(23(2,21)22)11-16(20)18-14-8-5-7-13(17)10-14/h3-10H,11H2,1-2H3,(H,18,20). The average molecular weight is 353 g/mol. The predicted octanol–water partition coefficient (Wildman–Crippen LogP) is 3.05. The lowest BCUT2D eigenvalue weighted by Crippen LogP contribution is -2.37. The van der Waals surface area contributed by atoms with E-state index in [0.717, 1.165) is 16.1 Å². The van der Waals surface area contributed by atoms with E-state index in [-0.39, 0.29) is 6.54 Å². The lowest BCUT2D eigenvalue weighted by Gasteiger charge is -2.23. The Morgan fingerprint density at radius 3 is 2.48 bits per heavy atom. The molecule has 0 fully saturated rings. The van der Waals surface area contributed by atoms with Gasteiger partial charge in [0.25, 0.3) is 0 Å². The molecule has 0 unspecified atom stereocenters. The molecule has 2 aromatic rings. The summed E-state index contributed by atoms with van der Waals surface area (Å²) in [5, 5.41) is 3.13. The summed E-state index contributed by atoms with van der Waals surface area (Å²) >= 11 is 5.87. The Hall–Kier alpha value is -2.05. The number of benzene rings is 2. The van der Waals surface area contributed by atoms with Crippen LogP contribution < -0.4 is 9.62 Å². The van der Waals surface area contributed by atoms with E-state index in [1.165, 1.54) is 0 Å². The van der Waals surface area contributed by atoms with Gasteiger partial charge in [-0.2, -0.15) is 0 Å². The first-order chi connectivity index (χ1) is 10.8. The Morgan fingerprint density at radius 2 is 1.87 bits per heavy atom. The van der Waals surface area contributed by atoms with E-state index in [1.54, 1.807) is 49.4 Å². The number of anilines is 2. The third-order valence-electron chi connectivity index (χ3n) is 3.18. The molecule has 0 saturated carbocycles. The molecule has 0 aliphatic carbocycles. The Kier molecular flexibility index (Phi) is 5.28. The lowest BCUT2D eigenvalue weighted by molar-refractivity contribution is -0.114. The quantitative estimate of drug-likeness (QED) is 0.899. The highest BCUT2D eigenvalue weighted by Crippen LogP contribution is 2.22. The molecule has 0 aromatic heterocycles. The molecular weight excluding hydrogens is 336 g/mol. The number of nitrogens with zero attached hydrogens (tertiary/aromatic N) is 1. The number of para-hydroxylation sites is 1. The first kappa shape index (κ1) is 17.3. The van der Waals surface area contributed by atoms with Gasteiger partial charge in [-0.05, 0) is 36.8 Å². The average Bonchev–Trinajstić information content (AvgIpc) is 2.44. The maximum absolute atomic E-state index is 12.2. The van der Waals surface area contributed by atoms with Crippen LogP contribution in [-0.2, 0) is 14.8 Å². The predicted molar refractivity (Wildman–Crippen MR) is 93.5 cm³/mol. The summed E-state index contributed by atoms with van der Waals surface area (Å²) in [4.78, 5) is 12.2. The number of carbonyl (C=O) groups excluding carboxylic acids is 1. The Labute approximate surface area is 140 Å². The molecule has 1 N–H and O–H groups in total. The zero-order chi connectivity index (χ0) is 17.0. The number of hydrogen-bond donors (Lipinski definition) is 1. The van der Waals surface area contributed by atoms with Crippen molar-refractivity contribution in [2.45, 2.75) is 6.92 Å². The molecule has 122 valence electrons. The second-order valence-electron chi connectivity index (χ2n) is 5.11. The van der Waals surface area contributed by atoms with Crippen LogP contribution >= 0.6 is 11.6 Å². The molecule has 23 heavy (non-hydrogen) atoms. The van der Waals surface area contributed by atoms with Gasteiger partial charge in [-0.25, -0.2) is 8.42 Å². The summed E-state index contributed by atoms with van der Waals surface area (Å²) in [6.45, 7) is 1.48. The van der Waals surface area contributed by atoms with Gasteiger partial charge in [-0.3, -0.25) is 9.10 Å². The normalized spacial score (nSPS) is 11.1. The maximum atomic E-state index is 12.2. The monoisotopic (exact) mass is 352 g/mol. The van der Waals surface area contributed by atoms with Crippen LogP contribution in [0.5, 0.6) is 0 Å². The van der Waals surface area contributed by atoms with E-state index >= 15 is 0 Å². The van der Waals surface area contributed by atoms with Crippen molar-refractivity contribution in [3.8, 4) is 0 Å². The maximum Gasteiger partial charge on any atom is 0.245 e. The third-order valence-corrected chi connectivity index (χ3v) is 4.54. The molecule has 1 amide bonds. The van der Waals surface area contributed by atoms with Crippen molar-refractivity contribution in [3.63, 3.8) is 0 Å².